The lowest BCUT2D eigenvalue weighted by molar-refractivity contribution is 0.102. The lowest BCUT2D eigenvalue weighted by Crippen LogP contribution is -2.10. The second kappa shape index (κ2) is 8.21. The van der Waals surface area contributed by atoms with E-state index in [-0.39, 0.29) is 12.4 Å². The minimum absolute atomic E-state index is 0. The van der Waals surface area contributed by atoms with Crippen LogP contribution in [0, 0.1) is 0 Å². The fraction of sp³-hybridized carbons (Fsp3) is 1.00. The van der Waals surface area contributed by atoms with Crippen LogP contribution in [0.3, 0.4) is 0 Å². The Morgan fingerprint density at radius 2 is 1.33 bits per heavy atom. The first-order valence-corrected chi connectivity index (χ1v) is 2.84. The van der Waals surface area contributed by atoms with E-state index < -0.39 is 5.60 Å². The van der Waals surface area contributed by atoms with E-state index in [0.29, 0.717) is 0 Å². The highest BCUT2D eigenvalue weighted by atomic mass is 35.5. The molecule has 0 saturated carbocycles. The van der Waals surface area contributed by atoms with Crippen LogP contribution in [0.2, 0.25) is 0 Å². The molecule has 0 bridgehead atoms. The van der Waals surface area contributed by atoms with E-state index >= 15 is 0 Å². The first kappa shape index (κ1) is 16.1. The summed E-state index contributed by atoms with van der Waals surface area (Å²) < 4.78 is 0. The third kappa shape index (κ3) is 7180. The maximum Gasteiger partial charge on any atom is 0.0563 e. The fourth-order valence-corrected chi connectivity index (χ4v) is 0. The molecule has 0 saturated heterocycles. The quantitative estimate of drug-likeness (QED) is 0.552. The van der Waals surface area contributed by atoms with Crippen molar-refractivity contribution in [1.29, 1.82) is 0 Å². The predicted molar refractivity (Wildman–Crippen MR) is 43.9 cm³/mol. The summed E-state index contributed by atoms with van der Waals surface area (Å²) in [6.07, 6.45) is 0. The number of nitrogens with two attached hydrogens (primary N) is 1. The van der Waals surface area contributed by atoms with Gasteiger partial charge in [0.05, 0.1) is 5.60 Å². The molecule has 0 aliphatic heterocycles. The molecule has 60 valence electrons. The molecule has 0 radical (unpaired) electrons. The molecule has 0 spiro atoms. The van der Waals surface area contributed by atoms with Crippen LogP contribution in [-0.2, 0) is 0 Å². The Bertz CT molecular complexity index is 36.8. The fourth-order valence-electron chi connectivity index (χ4n) is 0. The maximum atomic E-state index is 8.52. The Morgan fingerprint density at radius 3 is 1.33 bits per heavy atom. The molecule has 0 atom stereocenters. The molecular formula is C6H18ClNO. The van der Waals surface area contributed by atoms with Crippen LogP contribution in [0.4, 0.5) is 0 Å². The maximum absolute atomic E-state index is 8.52. The highest BCUT2D eigenvalue weighted by Gasteiger charge is 1.97. The third-order valence-corrected chi connectivity index (χ3v) is 0. The van der Waals surface area contributed by atoms with Crippen LogP contribution in [0.1, 0.15) is 27.7 Å². The van der Waals surface area contributed by atoms with Gasteiger partial charge in [-0.25, -0.2) is 0 Å². The Balaban J connectivity index is -0.0000000800. The largest absolute Gasteiger partial charge is 0.391 e. The molecule has 0 heterocycles. The molecular weight excluding hydrogens is 138 g/mol. The first-order chi connectivity index (χ1) is 3.41. The van der Waals surface area contributed by atoms with Gasteiger partial charge in [-0.1, -0.05) is 6.92 Å². The minimum atomic E-state index is -0.500. The van der Waals surface area contributed by atoms with Crippen molar-refractivity contribution in [3.05, 3.63) is 0 Å². The van der Waals surface area contributed by atoms with E-state index in [4.69, 9.17) is 10.8 Å². The van der Waals surface area contributed by atoms with Crippen molar-refractivity contribution in [3.8, 4) is 0 Å². The zero-order valence-corrected chi connectivity index (χ0v) is 7.46. The van der Waals surface area contributed by atoms with Crippen LogP contribution in [-0.4, -0.2) is 17.3 Å². The molecule has 0 aromatic rings. The SMILES string of the molecule is CC(C)(C)O.CCN.Cl. The highest BCUT2D eigenvalue weighted by Crippen LogP contribution is 1.93. The number of hydrogen-bond acceptors (Lipinski definition) is 2. The average molecular weight is 156 g/mol. The van der Waals surface area contributed by atoms with Gasteiger partial charge in [-0.3, -0.25) is 0 Å². The number of rotatable bonds is 0. The molecule has 9 heavy (non-hydrogen) atoms. The lowest BCUT2D eigenvalue weighted by Gasteiger charge is -2.04. The third-order valence-electron chi connectivity index (χ3n) is 0. The predicted octanol–water partition coefficient (Wildman–Crippen LogP) is 1.16. The summed E-state index contributed by atoms with van der Waals surface area (Å²) >= 11 is 0. The van der Waals surface area contributed by atoms with Crippen LogP contribution < -0.4 is 5.73 Å². The van der Waals surface area contributed by atoms with E-state index in [0.717, 1.165) is 6.54 Å². The topological polar surface area (TPSA) is 46.2 Å². The Morgan fingerprint density at radius 1 is 1.33 bits per heavy atom. The van der Waals surface area contributed by atoms with Crippen LogP contribution in [0.5, 0.6) is 0 Å². The van der Waals surface area contributed by atoms with Crippen LogP contribution >= 0.6 is 12.4 Å². The molecule has 0 aliphatic rings. The number of halogens is 1. The normalized spacial score (nSPS) is 8.67. The van der Waals surface area contributed by atoms with Gasteiger partial charge in [-0.05, 0) is 27.3 Å². The van der Waals surface area contributed by atoms with Crippen molar-refractivity contribution in [2.24, 2.45) is 5.73 Å². The molecule has 0 unspecified atom stereocenters. The van der Waals surface area contributed by atoms with Gasteiger partial charge in [0, 0.05) is 0 Å². The average Bonchev–Trinajstić information content (AvgIpc) is 1.27. The van der Waals surface area contributed by atoms with Crippen LogP contribution in [0.25, 0.3) is 0 Å². The zero-order chi connectivity index (χ0) is 7.21. The Hall–Kier alpha value is 0.210. The molecule has 0 amide bonds. The summed E-state index contributed by atoms with van der Waals surface area (Å²) in [5.74, 6) is 0. The van der Waals surface area contributed by atoms with E-state index in [1.54, 1.807) is 20.8 Å². The molecule has 0 fully saturated rings. The summed E-state index contributed by atoms with van der Waals surface area (Å²) in [5, 5.41) is 8.52. The Kier molecular flexibility index (Phi) is 14.7. The van der Waals surface area contributed by atoms with Crippen molar-refractivity contribution < 1.29 is 5.11 Å². The summed E-state index contributed by atoms with van der Waals surface area (Å²) in [7, 11) is 0. The molecule has 0 aliphatic carbocycles. The molecule has 3 heteroatoms. The van der Waals surface area contributed by atoms with Gasteiger partial charge >= 0.3 is 0 Å². The number of hydrogen-bond donors (Lipinski definition) is 2. The van der Waals surface area contributed by atoms with Gasteiger partial charge in [0.15, 0.2) is 0 Å². The van der Waals surface area contributed by atoms with Crippen molar-refractivity contribution in [1.82, 2.24) is 0 Å². The number of aliphatic hydroxyl groups is 1. The molecule has 2 nitrogen and oxygen atoms in total. The van der Waals surface area contributed by atoms with Crippen molar-refractivity contribution >= 4 is 12.4 Å². The standard InChI is InChI=1S/C4H10O.C2H7N.ClH/c1-4(2,3)5;1-2-3;/h5H,1-3H3;2-3H2,1H3;1H. The summed E-state index contributed by atoms with van der Waals surface area (Å²) in [6.45, 7) is 7.88. The van der Waals surface area contributed by atoms with Crippen molar-refractivity contribution in [2.45, 2.75) is 33.3 Å². The van der Waals surface area contributed by atoms with Crippen molar-refractivity contribution in [3.63, 3.8) is 0 Å². The highest BCUT2D eigenvalue weighted by molar-refractivity contribution is 5.85. The van der Waals surface area contributed by atoms with Gasteiger partial charge < -0.3 is 10.8 Å². The van der Waals surface area contributed by atoms with Gasteiger partial charge in [0.2, 0.25) is 0 Å². The van der Waals surface area contributed by atoms with E-state index in [9.17, 15) is 0 Å². The van der Waals surface area contributed by atoms with E-state index in [2.05, 4.69) is 0 Å². The summed E-state index contributed by atoms with van der Waals surface area (Å²) in [5.41, 5.74) is 4.35. The van der Waals surface area contributed by atoms with Gasteiger partial charge in [0.25, 0.3) is 0 Å². The second-order valence-corrected chi connectivity index (χ2v) is 2.58. The van der Waals surface area contributed by atoms with E-state index in [1.807, 2.05) is 6.92 Å². The molecule has 3 N–H and O–H groups in total. The van der Waals surface area contributed by atoms with Gasteiger partial charge in [-0.15, -0.1) is 12.4 Å². The minimum Gasteiger partial charge on any atom is -0.391 e. The first-order valence-electron chi connectivity index (χ1n) is 2.84. The molecule has 0 aromatic heterocycles. The van der Waals surface area contributed by atoms with Crippen LogP contribution in [0.15, 0.2) is 0 Å². The van der Waals surface area contributed by atoms with Gasteiger partial charge in [0.1, 0.15) is 0 Å². The Labute approximate surface area is 63.9 Å². The van der Waals surface area contributed by atoms with E-state index in [1.165, 1.54) is 0 Å². The lowest BCUT2D eigenvalue weighted by atomic mass is 10.2. The summed E-state index contributed by atoms with van der Waals surface area (Å²) in [4.78, 5) is 0. The second-order valence-electron chi connectivity index (χ2n) is 2.58. The van der Waals surface area contributed by atoms with Gasteiger partial charge in [-0.2, -0.15) is 0 Å². The molecule has 0 aromatic carbocycles. The zero-order valence-electron chi connectivity index (χ0n) is 6.64. The summed E-state index contributed by atoms with van der Waals surface area (Å²) in [6, 6.07) is 0. The smallest absolute Gasteiger partial charge is 0.0563 e. The van der Waals surface area contributed by atoms with Crippen molar-refractivity contribution in [2.75, 3.05) is 6.54 Å². The monoisotopic (exact) mass is 155 g/mol. The molecule has 0 rings (SSSR count).